The molecule has 2 atom stereocenters. The van der Waals surface area contributed by atoms with Crippen molar-refractivity contribution in [2.45, 2.75) is 25.8 Å². The van der Waals surface area contributed by atoms with Crippen molar-refractivity contribution in [2.24, 2.45) is 7.05 Å². The Balaban J connectivity index is 1.79. The number of thiophene rings is 1. The predicted octanol–water partition coefficient (Wildman–Crippen LogP) is 1.33. The third kappa shape index (κ3) is 4.20. The number of carbonyl (C=O) groups excluding carboxylic acids is 3. The number of methoxy groups -OCH3 is 2. The average molecular weight is 421 g/mol. The third-order valence-corrected chi connectivity index (χ3v) is 6.56. The Morgan fingerprint density at radius 2 is 2.00 bits per heavy atom. The smallest absolute Gasteiger partial charge is 0.348 e. The first kappa shape index (κ1) is 21.1. The van der Waals surface area contributed by atoms with Gasteiger partial charge in [-0.25, -0.2) is 9.59 Å². The molecule has 1 unspecified atom stereocenters. The lowest BCUT2D eigenvalue weighted by molar-refractivity contribution is -0.910. The number of aromatic nitrogens is 1. The van der Waals surface area contributed by atoms with Crippen molar-refractivity contribution in [3.63, 3.8) is 0 Å². The molecule has 1 fully saturated rings. The molecule has 29 heavy (non-hydrogen) atoms. The minimum atomic E-state index is -0.598. The van der Waals surface area contributed by atoms with E-state index in [4.69, 9.17) is 9.47 Å². The van der Waals surface area contributed by atoms with Gasteiger partial charge in [-0.3, -0.25) is 4.79 Å². The summed E-state index contributed by atoms with van der Waals surface area (Å²) >= 11 is 1.03. The summed E-state index contributed by atoms with van der Waals surface area (Å²) in [6.07, 6.45) is 4.09. The van der Waals surface area contributed by atoms with E-state index in [9.17, 15) is 14.4 Å². The highest BCUT2D eigenvalue weighted by Gasteiger charge is 2.34. The van der Waals surface area contributed by atoms with Crippen molar-refractivity contribution < 1.29 is 28.8 Å². The number of nitrogens with one attached hydrogen (secondary N) is 2. The predicted molar refractivity (Wildman–Crippen MR) is 108 cm³/mol. The quantitative estimate of drug-likeness (QED) is 0.688. The largest absolute Gasteiger partial charge is 0.465 e. The van der Waals surface area contributed by atoms with E-state index in [1.165, 1.54) is 24.8 Å². The summed E-state index contributed by atoms with van der Waals surface area (Å²) < 4.78 is 11.7. The lowest BCUT2D eigenvalue weighted by Gasteiger charge is -2.21. The van der Waals surface area contributed by atoms with Crippen LogP contribution in [0.3, 0.4) is 0 Å². The summed E-state index contributed by atoms with van der Waals surface area (Å²) in [5.74, 6) is -1.35. The van der Waals surface area contributed by atoms with Crippen LogP contribution >= 0.6 is 11.3 Å². The van der Waals surface area contributed by atoms with Crippen LogP contribution in [0.15, 0.2) is 18.3 Å². The van der Waals surface area contributed by atoms with Crippen molar-refractivity contribution in [2.75, 3.05) is 32.6 Å². The number of ether oxygens (including phenoxy) is 2. The number of anilines is 1. The molecule has 0 spiro atoms. The zero-order chi connectivity index (χ0) is 21.1. The summed E-state index contributed by atoms with van der Waals surface area (Å²) in [6.45, 7) is 2.83. The van der Waals surface area contributed by atoms with Gasteiger partial charge in [0.05, 0.1) is 32.0 Å². The van der Waals surface area contributed by atoms with E-state index in [0.717, 1.165) is 30.7 Å². The molecule has 2 aromatic heterocycles. The number of nitrogens with zero attached hydrogens (tertiary/aromatic N) is 1. The molecule has 156 valence electrons. The van der Waals surface area contributed by atoms with E-state index in [1.807, 2.05) is 19.3 Å². The number of quaternary nitrogens is 1. The van der Waals surface area contributed by atoms with Gasteiger partial charge < -0.3 is 24.3 Å². The first-order chi connectivity index (χ1) is 13.9. The van der Waals surface area contributed by atoms with Crippen LogP contribution < -0.4 is 10.2 Å². The van der Waals surface area contributed by atoms with Crippen molar-refractivity contribution in [1.82, 2.24) is 4.57 Å². The van der Waals surface area contributed by atoms with Gasteiger partial charge in [-0.1, -0.05) is 0 Å². The molecule has 1 amide bonds. The molecule has 3 heterocycles. The number of hydrogen-bond acceptors (Lipinski definition) is 6. The lowest BCUT2D eigenvalue weighted by atomic mass is 10.1. The lowest BCUT2D eigenvalue weighted by Crippen LogP contribution is -3.11. The van der Waals surface area contributed by atoms with E-state index in [2.05, 4.69) is 16.0 Å². The Morgan fingerprint density at radius 1 is 1.28 bits per heavy atom. The summed E-state index contributed by atoms with van der Waals surface area (Å²) in [7, 11) is 4.55. The Hall–Kier alpha value is -2.65. The minimum Gasteiger partial charge on any atom is -0.465 e. The Bertz CT molecular complexity index is 933. The molecule has 8 nitrogen and oxygen atoms in total. The van der Waals surface area contributed by atoms with Crippen molar-refractivity contribution >= 4 is 34.2 Å². The van der Waals surface area contributed by atoms with E-state index in [1.54, 1.807) is 6.92 Å². The molecule has 0 radical (unpaired) electrons. The zero-order valence-electron chi connectivity index (χ0n) is 17.0. The van der Waals surface area contributed by atoms with Crippen LogP contribution in [0.2, 0.25) is 0 Å². The number of likely N-dealkylation sites (tertiary alicyclic amines) is 1. The van der Waals surface area contributed by atoms with E-state index in [0.29, 0.717) is 10.6 Å². The molecular weight excluding hydrogens is 394 g/mol. The van der Waals surface area contributed by atoms with Crippen molar-refractivity contribution in [1.29, 1.82) is 0 Å². The molecule has 0 bridgehead atoms. The summed E-state index contributed by atoms with van der Waals surface area (Å²) in [6, 6.07) is 4.36. The van der Waals surface area contributed by atoms with Gasteiger partial charge in [0, 0.05) is 26.1 Å². The topological polar surface area (TPSA) is 91.1 Å². The van der Waals surface area contributed by atoms with Crippen LogP contribution in [-0.2, 0) is 21.3 Å². The SMILES string of the molecule is COC(=O)c1sc(NC(=O)C[NH+]2CCC[C@H]2c2cccn2C)c(C(=O)OC)c1C. The van der Waals surface area contributed by atoms with Crippen LogP contribution in [0.5, 0.6) is 0 Å². The molecular formula is C20H26N3O5S+. The fourth-order valence-corrected chi connectivity index (χ4v) is 5.06. The molecule has 0 aromatic carbocycles. The van der Waals surface area contributed by atoms with Gasteiger partial charge in [0.25, 0.3) is 5.91 Å². The molecule has 2 N–H and O–H groups in total. The molecule has 1 saturated heterocycles. The molecule has 2 aromatic rings. The van der Waals surface area contributed by atoms with Gasteiger partial charge in [-0.15, -0.1) is 11.3 Å². The number of aryl methyl sites for hydroxylation is 1. The molecule has 0 aliphatic carbocycles. The van der Waals surface area contributed by atoms with Crippen LogP contribution in [0.25, 0.3) is 0 Å². The van der Waals surface area contributed by atoms with E-state index in [-0.39, 0.29) is 28.9 Å². The van der Waals surface area contributed by atoms with E-state index < -0.39 is 11.9 Å². The number of esters is 2. The van der Waals surface area contributed by atoms with Crippen molar-refractivity contribution in [3.8, 4) is 0 Å². The monoisotopic (exact) mass is 420 g/mol. The number of rotatable bonds is 6. The van der Waals surface area contributed by atoms with Gasteiger partial charge in [0.1, 0.15) is 15.9 Å². The third-order valence-electron chi connectivity index (χ3n) is 5.37. The second-order valence-electron chi connectivity index (χ2n) is 7.12. The van der Waals surface area contributed by atoms with Gasteiger partial charge in [-0.05, 0) is 24.6 Å². The highest BCUT2D eigenvalue weighted by molar-refractivity contribution is 7.18. The molecule has 9 heteroatoms. The molecule has 1 aliphatic heterocycles. The highest BCUT2D eigenvalue weighted by Crippen LogP contribution is 2.34. The van der Waals surface area contributed by atoms with Crippen molar-refractivity contribution in [3.05, 3.63) is 40.0 Å². The standard InChI is InChI=1S/C20H25N3O5S/c1-12-16(19(25)27-3)18(29-17(12)20(26)28-4)21-15(24)11-23-10-6-8-14(23)13-7-5-9-22(13)2/h5,7,9,14H,6,8,10-11H2,1-4H3,(H,21,24)/p+1/t14-/m0/s1. The summed E-state index contributed by atoms with van der Waals surface area (Å²) in [5.41, 5.74) is 1.85. The second-order valence-corrected chi connectivity index (χ2v) is 8.14. The maximum atomic E-state index is 12.8. The summed E-state index contributed by atoms with van der Waals surface area (Å²) in [4.78, 5) is 38.5. The Morgan fingerprint density at radius 3 is 2.62 bits per heavy atom. The fourth-order valence-electron chi connectivity index (χ4n) is 3.93. The number of carbonyl (C=O) groups is 3. The summed E-state index contributed by atoms with van der Waals surface area (Å²) in [5, 5.41) is 3.13. The van der Waals surface area contributed by atoms with Gasteiger partial charge in [0.15, 0.2) is 6.54 Å². The minimum absolute atomic E-state index is 0.196. The van der Waals surface area contributed by atoms with Gasteiger partial charge in [-0.2, -0.15) is 0 Å². The van der Waals surface area contributed by atoms with Gasteiger partial charge in [0.2, 0.25) is 0 Å². The average Bonchev–Trinajstić information content (AvgIpc) is 3.39. The van der Waals surface area contributed by atoms with Crippen LogP contribution in [0.1, 0.15) is 50.2 Å². The maximum Gasteiger partial charge on any atom is 0.348 e. The second kappa shape index (κ2) is 8.79. The Labute approximate surface area is 173 Å². The zero-order valence-corrected chi connectivity index (χ0v) is 17.9. The maximum absolute atomic E-state index is 12.8. The number of amides is 1. The van der Waals surface area contributed by atoms with E-state index >= 15 is 0 Å². The van der Waals surface area contributed by atoms with Crippen LogP contribution in [0, 0.1) is 6.92 Å². The van der Waals surface area contributed by atoms with Gasteiger partial charge >= 0.3 is 11.9 Å². The first-order valence-electron chi connectivity index (χ1n) is 9.43. The van der Waals surface area contributed by atoms with Crippen LogP contribution in [0.4, 0.5) is 5.00 Å². The molecule has 3 rings (SSSR count). The fraction of sp³-hybridized carbons (Fsp3) is 0.450. The normalized spacial score (nSPS) is 18.5. The van der Waals surface area contributed by atoms with Crippen LogP contribution in [-0.4, -0.2) is 49.7 Å². The molecule has 0 saturated carbocycles. The highest BCUT2D eigenvalue weighted by atomic mass is 32.1. The number of hydrogen-bond donors (Lipinski definition) is 2. The molecule has 1 aliphatic rings. The first-order valence-corrected chi connectivity index (χ1v) is 10.2. The Kier molecular flexibility index (Phi) is 6.39.